The van der Waals surface area contributed by atoms with Crippen LogP contribution < -0.4 is 15.7 Å². The maximum Gasteiger partial charge on any atom is 0.323 e. The molecule has 31 heavy (non-hydrogen) atoms. The molecule has 0 atom stereocenters. The van der Waals surface area contributed by atoms with Gasteiger partial charge in [0.05, 0.1) is 15.9 Å². The number of carbonyl (C=O) groups excluding carboxylic acids is 1. The van der Waals surface area contributed by atoms with Crippen LogP contribution in [0.15, 0.2) is 76.4 Å². The predicted molar refractivity (Wildman–Crippen MR) is 120 cm³/mol. The standard InChI is InChI=1S/C22H20N4O4S/c1-2-14-5-3-4-6-18(14)23-21(27)15-7-9-16(10-8-15)26-31(29,30)17-11-12-19-20(13-17)25-22(28)24-19/h3-13,26H,2H2,1H3,(H,23,27)(H2,24,25,28). The van der Waals surface area contributed by atoms with Gasteiger partial charge >= 0.3 is 5.69 Å². The molecule has 0 bridgehead atoms. The van der Waals surface area contributed by atoms with Gasteiger partial charge in [0.25, 0.3) is 15.9 Å². The van der Waals surface area contributed by atoms with Gasteiger partial charge in [0.15, 0.2) is 0 Å². The van der Waals surface area contributed by atoms with Crippen molar-refractivity contribution >= 4 is 38.3 Å². The summed E-state index contributed by atoms with van der Waals surface area (Å²) in [5, 5.41) is 2.88. The van der Waals surface area contributed by atoms with Crippen LogP contribution in [0.2, 0.25) is 0 Å². The largest absolute Gasteiger partial charge is 0.323 e. The van der Waals surface area contributed by atoms with E-state index in [0.717, 1.165) is 17.7 Å². The van der Waals surface area contributed by atoms with Gasteiger partial charge in [-0.3, -0.25) is 9.52 Å². The first kappa shape index (κ1) is 20.4. The van der Waals surface area contributed by atoms with E-state index in [1.54, 1.807) is 12.1 Å². The highest BCUT2D eigenvalue weighted by molar-refractivity contribution is 7.92. The third-order valence-electron chi connectivity index (χ3n) is 4.84. The molecule has 1 amide bonds. The van der Waals surface area contributed by atoms with Gasteiger partial charge in [-0.05, 0) is 60.5 Å². The van der Waals surface area contributed by atoms with Crippen molar-refractivity contribution in [1.29, 1.82) is 0 Å². The first-order chi connectivity index (χ1) is 14.9. The Hall–Kier alpha value is -3.85. The van der Waals surface area contributed by atoms with E-state index in [9.17, 15) is 18.0 Å². The highest BCUT2D eigenvalue weighted by atomic mass is 32.2. The Kier molecular flexibility index (Phi) is 5.35. The van der Waals surface area contributed by atoms with E-state index in [-0.39, 0.29) is 10.8 Å². The minimum Gasteiger partial charge on any atom is -0.322 e. The van der Waals surface area contributed by atoms with Crippen LogP contribution in [0.25, 0.3) is 11.0 Å². The van der Waals surface area contributed by atoms with Crippen molar-refractivity contribution in [1.82, 2.24) is 9.97 Å². The number of H-pyrrole nitrogens is 2. The zero-order valence-electron chi connectivity index (χ0n) is 16.6. The smallest absolute Gasteiger partial charge is 0.322 e. The summed E-state index contributed by atoms with van der Waals surface area (Å²) in [5.41, 5.74) is 3.00. The number of rotatable bonds is 6. The van der Waals surface area contributed by atoms with Crippen LogP contribution in [0.1, 0.15) is 22.8 Å². The molecule has 0 aliphatic rings. The van der Waals surface area contributed by atoms with Crippen LogP contribution in [0.4, 0.5) is 11.4 Å². The summed E-state index contributed by atoms with van der Waals surface area (Å²) in [6.07, 6.45) is 0.791. The van der Waals surface area contributed by atoms with Crippen molar-refractivity contribution < 1.29 is 13.2 Å². The minimum absolute atomic E-state index is 0.00763. The minimum atomic E-state index is -3.87. The van der Waals surface area contributed by atoms with Crippen molar-refractivity contribution in [2.45, 2.75) is 18.2 Å². The molecule has 0 saturated carbocycles. The fourth-order valence-corrected chi connectivity index (χ4v) is 4.31. The zero-order chi connectivity index (χ0) is 22.0. The van der Waals surface area contributed by atoms with Crippen molar-refractivity contribution in [3.05, 3.63) is 88.3 Å². The summed E-state index contributed by atoms with van der Waals surface area (Å²) in [6, 6.07) is 18.0. The van der Waals surface area contributed by atoms with E-state index >= 15 is 0 Å². The summed E-state index contributed by atoms with van der Waals surface area (Å²) in [7, 11) is -3.87. The summed E-state index contributed by atoms with van der Waals surface area (Å²) < 4.78 is 27.9. The molecular formula is C22H20N4O4S. The van der Waals surface area contributed by atoms with Crippen molar-refractivity contribution in [2.24, 2.45) is 0 Å². The topological polar surface area (TPSA) is 124 Å². The number of fused-ring (bicyclic) bond motifs is 1. The number of para-hydroxylation sites is 1. The number of hydrogen-bond acceptors (Lipinski definition) is 4. The molecule has 4 rings (SSSR count). The number of hydrogen-bond donors (Lipinski definition) is 4. The zero-order valence-corrected chi connectivity index (χ0v) is 17.4. The van der Waals surface area contributed by atoms with Gasteiger partial charge in [0.2, 0.25) is 0 Å². The number of aromatic nitrogens is 2. The van der Waals surface area contributed by atoms with E-state index in [2.05, 4.69) is 20.0 Å². The average Bonchev–Trinajstić information content (AvgIpc) is 3.13. The van der Waals surface area contributed by atoms with Crippen molar-refractivity contribution in [3.63, 3.8) is 0 Å². The van der Waals surface area contributed by atoms with Crippen LogP contribution in [0.5, 0.6) is 0 Å². The van der Waals surface area contributed by atoms with Crippen LogP contribution in [-0.2, 0) is 16.4 Å². The van der Waals surface area contributed by atoms with Crippen LogP contribution >= 0.6 is 0 Å². The summed E-state index contributed by atoms with van der Waals surface area (Å²) in [5.74, 6) is -0.280. The fourth-order valence-electron chi connectivity index (χ4n) is 3.23. The molecule has 9 heteroatoms. The number of amides is 1. The van der Waals surface area contributed by atoms with Gasteiger partial charge in [-0.25, -0.2) is 13.2 Å². The second kappa shape index (κ2) is 8.11. The quantitative estimate of drug-likeness (QED) is 0.369. The summed E-state index contributed by atoms with van der Waals surface area (Å²) in [4.78, 5) is 29.0. The molecule has 3 aromatic carbocycles. The Labute approximate surface area is 178 Å². The highest BCUT2D eigenvalue weighted by Crippen LogP contribution is 2.21. The second-order valence-corrected chi connectivity index (χ2v) is 8.62. The highest BCUT2D eigenvalue weighted by Gasteiger charge is 2.16. The Morgan fingerprint density at radius 2 is 1.65 bits per heavy atom. The Morgan fingerprint density at radius 1 is 0.935 bits per heavy atom. The molecule has 0 saturated heterocycles. The van der Waals surface area contributed by atoms with Gasteiger partial charge in [-0.15, -0.1) is 0 Å². The predicted octanol–water partition coefficient (Wildman–Crippen LogP) is 3.47. The number of benzene rings is 3. The lowest BCUT2D eigenvalue weighted by Crippen LogP contribution is -2.15. The number of aromatic amines is 2. The first-order valence-corrected chi connectivity index (χ1v) is 11.1. The van der Waals surface area contributed by atoms with E-state index < -0.39 is 15.7 Å². The van der Waals surface area contributed by atoms with Crippen LogP contribution in [0.3, 0.4) is 0 Å². The first-order valence-electron chi connectivity index (χ1n) is 9.60. The van der Waals surface area contributed by atoms with Gasteiger partial charge < -0.3 is 15.3 Å². The van der Waals surface area contributed by atoms with Gasteiger partial charge in [0, 0.05) is 16.9 Å². The number of imidazole rings is 1. The van der Waals surface area contributed by atoms with Gasteiger partial charge in [-0.1, -0.05) is 25.1 Å². The SMILES string of the molecule is CCc1ccccc1NC(=O)c1ccc(NS(=O)(=O)c2ccc3[nH]c(=O)[nH]c3c2)cc1. The normalized spacial score (nSPS) is 11.4. The Bertz CT molecular complexity index is 1420. The number of carbonyl (C=O) groups is 1. The third-order valence-corrected chi connectivity index (χ3v) is 6.22. The molecule has 0 unspecified atom stereocenters. The van der Waals surface area contributed by atoms with Crippen LogP contribution in [-0.4, -0.2) is 24.3 Å². The van der Waals surface area contributed by atoms with E-state index in [0.29, 0.717) is 22.3 Å². The number of sulfonamides is 1. The average molecular weight is 436 g/mol. The second-order valence-electron chi connectivity index (χ2n) is 6.93. The molecule has 8 nitrogen and oxygen atoms in total. The van der Waals surface area contributed by atoms with Crippen molar-refractivity contribution in [2.75, 3.05) is 10.0 Å². The molecule has 0 aliphatic heterocycles. The van der Waals surface area contributed by atoms with Crippen LogP contribution in [0, 0.1) is 0 Å². The Morgan fingerprint density at radius 3 is 2.39 bits per heavy atom. The lowest BCUT2D eigenvalue weighted by Gasteiger charge is -2.11. The molecule has 1 aromatic heterocycles. The molecule has 158 valence electrons. The summed E-state index contributed by atoms with van der Waals surface area (Å²) in [6.45, 7) is 2.01. The van der Waals surface area contributed by atoms with Gasteiger partial charge in [0.1, 0.15) is 0 Å². The number of anilines is 2. The summed E-state index contributed by atoms with van der Waals surface area (Å²) >= 11 is 0. The maximum absolute atomic E-state index is 12.7. The molecule has 1 heterocycles. The van der Waals surface area contributed by atoms with E-state index in [1.807, 2.05) is 31.2 Å². The fraction of sp³-hybridized carbons (Fsp3) is 0.0909. The Balaban J connectivity index is 1.50. The molecule has 0 spiro atoms. The molecule has 0 fully saturated rings. The molecule has 0 radical (unpaired) electrons. The van der Waals surface area contributed by atoms with Gasteiger partial charge in [-0.2, -0.15) is 0 Å². The molecule has 4 N–H and O–H groups in total. The van der Waals surface area contributed by atoms with E-state index in [4.69, 9.17) is 0 Å². The molecule has 0 aliphatic carbocycles. The van der Waals surface area contributed by atoms with Crippen molar-refractivity contribution in [3.8, 4) is 0 Å². The maximum atomic E-state index is 12.7. The van der Waals surface area contributed by atoms with E-state index in [1.165, 1.54) is 30.3 Å². The number of nitrogens with one attached hydrogen (secondary N) is 4. The third kappa shape index (κ3) is 4.36. The lowest BCUT2D eigenvalue weighted by molar-refractivity contribution is 0.102. The lowest BCUT2D eigenvalue weighted by atomic mass is 10.1. The monoisotopic (exact) mass is 436 g/mol. The molecule has 4 aromatic rings. The number of aryl methyl sites for hydroxylation is 1. The molecular weight excluding hydrogens is 416 g/mol.